The average Bonchev–Trinajstić information content (AvgIpc) is 2.96. The summed E-state index contributed by atoms with van der Waals surface area (Å²) in [4.78, 5) is 41.0. The molecule has 3 aromatic rings. The van der Waals surface area contributed by atoms with Crippen LogP contribution in [0, 0.1) is 0 Å². The lowest BCUT2D eigenvalue weighted by molar-refractivity contribution is -0.121. The summed E-state index contributed by atoms with van der Waals surface area (Å²) in [5, 5.41) is 5.90. The van der Waals surface area contributed by atoms with Gasteiger partial charge in [-0.25, -0.2) is 9.78 Å². The van der Waals surface area contributed by atoms with Crippen molar-refractivity contribution in [3.63, 3.8) is 0 Å². The third-order valence-corrected chi connectivity index (χ3v) is 4.69. The monoisotopic (exact) mass is 415 g/mol. The third kappa shape index (κ3) is 4.65. The molecule has 0 fully saturated rings. The van der Waals surface area contributed by atoms with E-state index in [-0.39, 0.29) is 30.3 Å². The number of anilines is 2. The second-order valence-electron chi connectivity index (χ2n) is 6.42. The SMILES string of the molecule is CCn1c(=O)n(CC)c2nc(NC(=O)CCC(=O)Nc3cccc(Cl)c3)ccc21. The largest absolute Gasteiger partial charge is 0.330 e. The van der Waals surface area contributed by atoms with Crippen LogP contribution in [0.5, 0.6) is 0 Å². The van der Waals surface area contributed by atoms with Gasteiger partial charge in [-0.15, -0.1) is 0 Å². The van der Waals surface area contributed by atoms with E-state index < -0.39 is 0 Å². The molecule has 8 nitrogen and oxygen atoms in total. The fourth-order valence-corrected chi connectivity index (χ4v) is 3.26. The minimum atomic E-state index is -0.335. The maximum atomic E-state index is 12.4. The van der Waals surface area contributed by atoms with Crippen molar-refractivity contribution in [1.29, 1.82) is 0 Å². The van der Waals surface area contributed by atoms with Gasteiger partial charge >= 0.3 is 5.69 Å². The molecule has 2 amide bonds. The summed E-state index contributed by atoms with van der Waals surface area (Å²) in [6.07, 6.45) is 0.0230. The van der Waals surface area contributed by atoms with Crippen LogP contribution in [0.1, 0.15) is 26.7 Å². The molecule has 2 heterocycles. The molecular formula is C20H22ClN5O3. The average molecular weight is 416 g/mol. The van der Waals surface area contributed by atoms with E-state index in [1.165, 1.54) is 0 Å². The van der Waals surface area contributed by atoms with Gasteiger partial charge in [0.25, 0.3) is 0 Å². The molecule has 0 bridgehead atoms. The van der Waals surface area contributed by atoms with Gasteiger partial charge in [0.05, 0.1) is 5.52 Å². The smallest absolute Gasteiger partial charge is 0.326 e. The minimum Gasteiger partial charge on any atom is -0.326 e. The standard InChI is InChI=1S/C20H22ClN5O3/c1-3-25-15-8-9-16(24-19(15)26(4-2)20(25)29)23-18(28)11-10-17(27)22-14-7-5-6-13(21)12-14/h5-9,12H,3-4,10-11H2,1-2H3,(H,22,27)(H,23,24,28). The molecule has 29 heavy (non-hydrogen) atoms. The van der Waals surface area contributed by atoms with Crippen molar-refractivity contribution in [3.8, 4) is 0 Å². The first-order chi connectivity index (χ1) is 13.9. The van der Waals surface area contributed by atoms with Crippen molar-refractivity contribution in [2.24, 2.45) is 0 Å². The Morgan fingerprint density at radius 1 is 1.00 bits per heavy atom. The van der Waals surface area contributed by atoms with Crippen LogP contribution < -0.4 is 16.3 Å². The number of hydrogen-bond acceptors (Lipinski definition) is 4. The molecule has 3 rings (SSSR count). The molecular weight excluding hydrogens is 394 g/mol. The summed E-state index contributed by atoms with van der Waals surface area (Å²) in [6.45, 7) is 4.78. The molecule has 152 valence electrons. The van der Waals surface area contributed by atoms with Crippen LogP contribution in [0.2, 0.25) is 5.02 Å². The van der Waals surface area contributed by atoms with Gasteiger partial charge in [-0.2, -0.15) is 0 Å². The molecule has 0 aliphatic carbocycles. The first kappa shape index (κ1) is 20.6. The van der Waals surface area contributed by atoms with Crippen LogP contribution in [0.4, 0.5) is 11.5 Å². The summed E-state index contributed by atoms with van der Waals surface area (Å²) in [7, 11) is 0. The predicted octanol–water partition coefficient (Wildman–Crippen LogP) is 3.25. The Bertz CT molecular complexity index is 1120. The quantitative estimate of drug-likeness (QED) is 0.618. The molecule has 0 radical (unpaired) electrons. The van der Waals surface area contributed by atoms with Gasteiger partial charge in [-0.3, -0.25) is 18.7 Å². The number of imidazole rings is 1. The van der Waals surface area contributed by atoms with Crippen LogP contribution in [0.3, 0.4) is 0 Å². The minimum absolute atomic E-state index is 0.00265. The van der Waals surface area contributed by atoms with Crippen LogP contribution in [0.15, 0.2) is 41.2 Å². The highest BCUT2D eigenvalue weighted by Gasteiger charge is 2.14. The summed E-state index contributed by atoms with van der Waals surface area (Å²) in [5.41, 5.74) is 1.70. The van der Waals surface area contributed by atoms with Crippen molar-refractivity contribution in [3.05, 3.63) is 51.9 Å². The lowest BCUT2D eigenvalue weighted by Gasteiger charge is -2.07. The molecule has 0 atom stereocenters. The Hall–Kier alpha value is -3.13. The number of carbonyl (C=O) groups is 2. The lowest BCUT2D eigenvalue weighted by atomic mass is 10.2. The van der Waals surface area contributed by atoms with E-state index in [4.69, 9.17) is 11.6 Å². The topological polar surface area (TPSA) is 98.0 Å². The number of fused-ring (bicyclic) bond motifs is 1. The number of aryl methyl sites for hydroxylation is 2. The van der Waals surface area contributed by atoms with Gasteiger partial charge in [0, 0.05) is 36.6 Å². The Kier molecular flexibility index (Phi) is 6.33. The Labute approximate surface area is 172 Å². The van der Waals surface area contributed by atoms with E-state index in [2.05, 4.69) is 15.6 Å². The van der Waals surface area contributed by atoms with E-state index in [0.717, 1.165) is 5.52 Å². The number of nitrogens with zero attached hydrogens (tertiary/aromatic N) is 3. The second kappa shape index (κ2) is 8.91. The highest BCUT2D eigenvalue weighted by molar-refractivity contribution is 6.30. The van der Waals surface area contributed by atoms with Crippen molar-refractivity contribution in [2.45, 2.75) is 39.8 Å². The molecule has 2 aromatic heterocycles. The molecule has 0 spiro atoms. The number of pyridine rings is 1. The zero-order valence-corrected chi connectivity index (χ0v) is 17.0. The van der Waals surface area contributed by atoms with Crippen molar-refractivity contribution < 1.29 is 9.59 Å². The molecule has 2 N–H and O–H groups in total. The third-order valence-electron chi connectivity index (χ3n) is 4.45. The number of halogens is 1. The van der Waals surface area contributed by atoms with E-state index in [1.807, 2.05) is 13.8 Å². The maximum Gasteiger partial charge on any atom is 0.330 e. The number of aromatic nitrogens is 3. The van der Waals surface area contributed by atoms with Crippen LogP contribution in [0.25, 0.3) is 11.2 Å². The van der Waals surface area contributed by atoms with Crippen LogP contribution in [-0.2, 0) is 22.7 Å². The van der Waals surface area contributed by atoms with Crippen molar-refractivity contribution in [2.75, 3.05) is 10.6 Å². The second-order valence-corrected chi connectivity index (χ2v) is 6.85. The Morgan fingerprint density at radius 2 is 1.69 bits per heavy atom. The lowest BCUT2D eigenvalue weighted by Crippen LogP contribution is -2.23. The molecule has 0 aliphatic rings. The fourth-order valence-electron chi connectivity index (χ4n) is 3.07. The molecule has 0 unspecified atom stereocenters. The zero-order chi connectivity index (χ0) is 21.0. The van der Waals surface area contributed by atoms with Gasteiger partial charge < -0.3 is 10.6 Å². The number of amides is 2. The number of carbonyl (C=O) groups excluding carboxylic acids is 2. The number of rotatable bonds is 7. The number of nitrogens with one attached hydrogen (secondary N) is 2. The summed E-state index contributed by atoms with van der Waals surface area (Å²) < 4.78 is 3.20. The van der Waals surface area contributed by atoms with E-state index in [1.54, 1.807) is 45.5 Å². The summed E-state index contributed by atoms with van der Waals surface area (Å²) in [6, 6.07) is 10.2. The van der Waals surface area contributed by atoms with E-state index >= 15 is 0 Å². The van der Waals surface area contributed by atoms with Gasteiger partial charge in [0.15, 0.2) is 5.65 Å². The number of hydrogen-bond donors (Lipinski definition) is 2. The number of benzene rings is 1. The predicted molar refractivity (Wildman–Crippen MR) is 113 cm³/mol. The Balaban J connectivity index is 1.64. The van der Waals surface area contributed by atoms with Crippen molar-refractivity contribution in [1.82, 2.24) is 14.1 Å². The highest BCUT2D eigenvalue weighted by Crippen LogP contribution is 2.16. The molecule has 0 saturated carbocycles. The van der Waals surface area contributed by atoms with Gasteiger partial charge in [0.1, 0.15) is 5.82 Å². The molecule has 9 heteroatoms. The fraction of sp³-hybridized carbons (Fsp3) is 0.300. The van der Waals surface area contributed by atoms with Gasteiger partial charge in [0.2, 0.25) is 11.8 Å². The maximum absolute atomic E-state index is 12.4. The van der Waals surface area contributed by atoms with E-state index in [9.17, 15) is 14.4 Å². The summed E-state index contributed by atoms with van der Waals surface area (Å²) in [5.74, 6) is -0.280. The van der Waals surface area contributed by atoms with E-state index in [0.29, 0.717) is 35.3 Å². The van der Waals surface area contributed by atoms with Crippen molar-refractivity contribution >= 4 is 46.1 Å². The first-order valence-electron chi connectivity index (χ1n) is 9.38. The Morgan fingerprint density at radius 3 is 2.34 bits per heavy atom. The van der Waals surface area contributed by atoms with Crippen LogP contribution >= 0.6 is 11.6 Å². The summed E-state index contributed by atoms with van der Waals surface area (Å²) >= 11 is 5.88. The first-order valence-corrected chi connectivity index (χ1v) is 9.76. The normalized spacial score (nSPS) is 10.9. The zero-order valence-electron chi connectivity index (χ0n) is 16.2. The van der Waals surface area contributed by atoms with Crippen LogP contribution in [-0.4, -0.2) is 25.9 Å². The molecule has 1 aromatic carbocycles. The van der Waals surface area contributed by atoms with Gasteiger partial charge in [-0.1, -0.05) is 17.7 Å². The highest BCUT2D eigenvalue weighted by atomic mass is 35.5. The van der Waals surface area contributed by atoms with Gasteiger partial charge in [-0.05, 0) is 44.2 Å². The molecule has 0 aliphatic heterocycles. The molecule has 0 saturated heterocycles.